The molecule has 0 saturated carbocycles. The minimum Gasteiger partial charge on any atom is -0.508 e. The number of phenolic OH excluding ortho intramolecular Hbond substituents is 2. The molecule has 1 heterocycles. The zero-order valence-corrected chi connectivity index (χ0v) is 12.5. The van der Waals surface area contributed by atoms with Gasteiger partial charge in [-0.25, -0.2) is 9.49 Å². The summed E-state index contributed by atoms with van der Waals surface area (Å²) in [7, 11) is 0. The SMILES string of the molecule is Oc1ccc(C=Nn2c(-c3ccccc3F)n[nH]c2=S)c(O)c1. The Morgan fingerprint density at radius 1 is 1.22 bits per heavy atom. The summed E-state index contributed by atoms with van der Waals surface area (Å²) in [6, 6.07) is 10.2. The molecule has 0 aliphatic heterocycles. The first kappa shape index (κ1) is 14.9. The van der Waals surface area contributed by atoms with Crippen LogP contribution >= 0.6 is 12.2 Å². The monoisotopic (exact) mass is 330 g/mol. The standard InChI is InChI=1S/C15H11FN4O2S/c16-12-4-2-1-3-11(12)14-18-19-15(23)20(14)17-8-9-5-6-10(21)7-13(9)22/h1-8,21-22H,(H,19,23). The van der Waals surface area contributed by atoms with Crippen LogP contribution in [-0.2, 0) is 0 Å². The number of benzene rings is 2. The van der Waals surface area contributed by atoms with E-state index in [0.29, 0.717) is 5.56 Å². The van der Waals surface area contributed by atoms with Gasteiger partial charge >= 0.3 is 0 Å². The number of phenols is 2. The molecule has 6 nitrogen and oxygen atoms in total. The zero-order valence-electron chi connectivity index (χ0n) is 11.6. The molecule has 0 aliphatic rings. The topological polar surface area (TPSA) is 86.4 Å². The van der Waals surface area contributed by atoms with E-state index in [2.05, 4.69) is 15.3 Å². The summed E-state index contributed by atoms with van der Waals surface area (Å²) in [5, 5.41) is 29.7. The Morgan fingerprint density at radius 2 is 2.00 bits per heavy atom. The minimum absolute atomic E-state index is 0.0633. The Labute approximate surface area is 135 Å². The molecule has 3 aromatic rings. The highest BCUT2D eigenvalue weighted by Crippen LogP contribution is 2.22. The van der Waals surface area contributed by atoms with Crippen molar-refractivity contribution < 1.29 is 14.6 Å². The van der Waals surface area contributed by atoms with Gasteiger partial charge in [-0.05, 0) is 36.5 Å². The predicted octanol–water partition coefficient (Wildman–Crippen LogP) is 3.04. The minimum atomic E-state index is -0.453. The van der Waals surface area contributed by atoms with Crippen molar-refractivity contribution in [3.05, 3.63) is 58.6 Å². The summed E-state index contributed by atoms with van der Waals surface area (Å²) < 4.78 is 15.3. The predicted molar refractivity (Wildman–Crippen MR) is 85.6 cm³/mol. The quantitative estimate of drug-likeness (QED) is 0.509. The first-order valence-electron chi connectivity index (χ1n) is 6.55. The third-order valence-electron chi connectivity index (χ3n) is 3.09. The van der Waals surface area contributed by atoms with Gasteiger partial charge in [0.2, 0.25) is 4.77 Å². The normalized spacial score (nSPS) is 11.2. The van der Waals surface area contributed by atoms with Crippen LogP contribution in [0.5, 0.6) is 11.5 Å². The van der Waals surface area contributed by atoms with Crippen molar-refractivity contribution in [1.29, 1.82) is 0 Å². The number of aromatic amines is 1. The summed E-state index contributed by atoms with van der Waals surface area (Å²) in [5.74, 6) is -0.448. The van der Waals surface area contributed by atoms with Gasteiger partial charge in [0, 0.05) is 11.6 Å². The van der Waals surface area contributed by atoms with Crippen LogP contribution in [0, 0.1) is 10.6 Å². The first-order valence-corrected chi connectivity index (χ1v) is 6.96. The maximum Gasteiger partial charge on any atom is 0.216 e. The van der Waals surface area contributed by atoms with E-state index in [-0.39, 0.29) is 27.7 Å². The Bertz CT molecular complexity index is 949. The summed E-state index contributed by atoms with van der Waals surface area (Å²) >= 11 is 5.09. The van der Waals surface area contributed by atoms with Crippen molar-refractivity contribution in [3.8, 4) is 22.9 Å². The van der Waals surface area contributed by atoms with Crippen molar-refractivity contribution in [1.82, 2.24) is 14.9 Å². The Balaban J connectivity index is 2.04. The fourth-order valence-electron chi connectivity index (χ4n) is 1.98. The number of hydrogen-bond donors (Lipinski definition) is 3. The van der Waals surface area contributed by atoms with Crippen molar-refractivity contribution in [2.75, 3.05) is 0 Å². The van der Waals surface area contributed by atoms with Crippen LogP contribution in [0.4, 0.5) is 4.39 Å². The maximum atomic E-state index is 13.9. The fourth-order valence-corrected chi connectivity index (χ4v) is 2.16. The highest BCUT2D eigenvalue weighted by Gasteiger charge is 2.12. The van der Waals surface area contributed by atoms with E-state index in [9.17, 15) is 14.6 Å². The molecule has 3 rings (SSSR count). The number of H-pyrrole nitrogens is 1. The second-order valence-corrected chi connectivity index (χ2v) is 5.02. The van der Waals surface area contributed by atoms with Gasteiger partial charge in [0.15, 0.2) is 5.82 Å². The lowest BCUT2D eigenvalue weighted by molar-refractivity contribution is 0.450. The Hall–Kier alpha value is -3.00. The number of halogens is 1. The van der Waals surface area contributed by atoms with E-state index in [1.165, 1.54) is 35.2 Å². The van der Waals surface area contributed by atoms with Gasteiger partial charge in [0.05, 0.1) is 11.8 Å². The van der Waals surface area contributed by atoms with E-state index in [1.807, 2.05) is 0 Å². The molecule has 1 aromatic heterocycles. The van der Waals surface area contributed by atoms with Gasteiger partial charge in [0.25, 0.3) is 0 Å². The molecule has 0 fully saturated rings. The van der Waals surface area contributed by atoms with E-state index in [0.717, 1.165) is 0 Å². The smallest absolute Gasteiger partial charge is 0.216 e. The highest BCUT2D eigenvalue weighted by atomic mass is 32.1. The van der Waals surface area contributed by atoms with Gasteiger partial charge < -0.3 is 10.2 Å². The molecule has 0 aliphatic carbocycles. The van der Waals surface area contributed by atoms with Crippen LogP contribution in [0.25, 0.3) is 11.4 Å². The van der Waals surface area contributed by atoms with E-state index in [1.54, 1.807) is 18.2 Å². The average molecular weight is 330 g/mol. The van der Waals surface area contributed by atoms with Crippen LogP contribution in [0.2, 0.25) is 0 Å². The van der Waals surface area contributed by atoms with Crippen LogP contribution < -0.4 is 0 Å². The third-order valence-corrected chi connectivity index (χ3v) is 3.36. The lowest BCUT2D eigenvalue weighted by atomic mass is 10.2. The molecule has 23 heavy (non-hydrogen) atoms. The van der Waals surface area contributed by atoms with E-state index >= 15 is 0 Å². The number of aromatic nitrogens is 3. The van der Waals surface area contributed by atoms with Crippen molar-refractivity contribution in [3.63, 3.8) is 0 Å². The molecule has 0 radical (unpaired) electrons. The lowest BCUT2D eigenvalue weighted by Gasteiger charge is -2.03. The second-order valence-electron chi connectivity index (χ2n) is 4.63. The number of nitrogens with one attached hydrogen (secondary N) is 1. The van der Waals surface area contributed by atoms with E-state index < -0.39 is 5.82 Å². The van der Waals surface area contributed by atoms with Crippen molar-refractivity contribution >= 4 is 18.4 Å². The molecular weight excluding hydrogens is 319 g/mol. The lowest BCUT2D eigenvalue weighted by Crippen LogP contribution is -1.97. The van der Waals surface area contributed by atoms with Gasteiger partial charge in [-0.3, -0.25) is 0 Å². The summed E-state index contributed by atoms with van der Waals surface area (Å²) in [6.07, 6.45) is 1.34. The van der Waals surface area contributed by atoms with Crippen LogP contribution in [0.1, 0.15) is 5.56 Å². The first-order chi connectivity index (χ1) is 11.1. The summed E-state index contributed by atoms with van der Waals surface area (Å²) in [6.45, 7) is 0. The van der Waals surface area contributed by atoms with Crippen molar-refractivity contribution in [2.24, 2.45) is 5.10 Å². The average Bonchev–Trinajstić information content (AvgIpc) is 2.88. The van der Waals surface area contributed by atoms with Gasteiger partial charge in [0.1, 0.15) is 17.3 Å². The van der Waals surface area contributed by atoms with Crippen LogP contribution in [-0.4, -0.2) is 31.3 Å². The molecule has 0 saturated heterocycles. The van der Waals surface area contributed by atoms with Crippen LogP contribution in [0.3, 0.4) is 0 Å². The fraction of sp³-hybridized carbons (Fsp3) is 0. The molecule has 0 atom stereocenters. The molecule has 116 valence electrons. The third kappa shape index (κ3) is 2.97. The van der Waals surface area contributed by atoms with E-state index in [4.69, 9.17) is 12.2 Å². The Morgan fingerprint density at radius 3 is 2.74 bits per heavy atom. The van der Waals surface area contributed by atoms with Gasteiger partial charge in [-0.15, -0.1) is 0 Å². The highest BCUT2D eigenvalue weighted by molar-refractivity contribution is 7.71. The number of aromatic hydroxyl groups is 2. The maximum absolute atomic E-state index is 13.9. The second kappa shape index (κ2) is 6.01. The zero-order chi connectivity index (χ0) is 16.4. The molecule has 2 aromatic carbocycles. The molecular formula is C15H11FN4O2S. The summed E-state index contributed by atoms with van der Waals surface area (Å²) in [4.78, 5) is 0. The molecule has 0 spiro atoms. The Kier molecular flexibility index (Phi) is 3.90. The molecule has 0 bridgehead atoms. The summed E-state index contributed by atoms with van der Waals surface area (Å²) in [5.41, 5.74) is 0.609. The number of hydrogen-bond acceptors (Lipinski definition) is 5. The number of rotatable bonds is 3. The molecule has 8 heteroatoms. The van der Waals surface area contributed by atoms with Crippen molar-refractivity contribution in [2.45, 2.75) is 0 Å². The number of nitrogens with zero attached hydrogens (tertiary/aromatic N) is 3. The molecule has 3 N–H and O–H groups in total. The van der Waals surface area contributed by atoms with Gasteiger partial charge in [-0.1, -0.05) is 12.1 Å². The molecule has 0 unspecified atom stereocenters. The van der Waals surface area contributed by atoms with Crippen LogP contribution in [0.15, 0.2) is 47.6 Å². The van der Waals surface area contributed by atoms with Gasteiger partial charge in [-0.2, -0.15) is 14.9 Å². The largest absolute Gasteiger partial charge is 0.508 e. The molecule has 0 amide bonds.